The molecule has 0 saturated heterocycles. The summed E-state index contributed by atoms with van der Waals surface area (Å²) >= 11 is 5.83. The van der Waals surface area contributed by atoms with Crippen LogP contribution < -0.4 is 11.3 Å². The van der Waals surface area contributed by atoms with Crippen molar-refractivity contribution < 1.29 is 4.39 Å². The van der Waals surface area contributed by atoms with Gasteiger partial charge >= 0.3 is 0 Å². The van der Waals surface area contributed by atoms with Gasteiger partial charge < -0.3 is 5.43 Å². The van der Waals surface area contributed by atoms with Gasteiger partial charge in [-0.3, -0.25) is 0 Å². The van der Waals surface area contributed by atoms with Gasteiger partial charge in [0.2, 0.25) is 0 Å². The number of hydrogen-bond acceptors (Lipinski definition) is 4. The molecule has 0 atom stereocenters. The summed E-state index contributed by atoms with van der Waals surface area (Å²) < 4.78 is 13.3. The van der Waals surface area contributed by atoms with E-state index in [0.29, 0.717) is 23.1 Å². The molecule has 3 rings (SSSR count). The Morgan fingerprint density at radius 3 is 2.62 bits per heavy atom. The van der Waals surface area contributed by atoms with Gasteiger partial charge in [0.05, 0.1) is 5.02 Å². The summed E-state index contributed by atoms with van der Waals surface area (Å²) in [4.78, 5) is 8.95. The van der Waals surface area contributed by atoms with Gasteiger partial charge in [-0.05, 0) is 31.0 Å². The van der Waals surface area contributed by atoms with Crippen LogP contribution in [0.15, 0.2) is 24.3 Å². The molecule has 2 aromatic rings. The number of rotatable bonds is 3. The molecule has 1 aliphatic carbocycles. The molecule has 0 unspecified atom stereocenters. The minimum absolute atomic E-state index is 0.0598. The van der Waals surface area contributed by atoms with Crippen LogP contribution in [0, 0.1) is 5.82 Å². The van der Waals surface area contributed by atoms with Crippen molar-refractivity contribution in [2.45, 2.75) is 31.6 Å². The Hall–Kier alpha value is -1.72. The van der Waals surface area contributed by atoms with E-state index in [-0.39, 0.29) is 5.02 Å². The van der Waals surface area contributed by atoms with E-state index < -0.39 is 5.82 Å². The van der Waals surface area contributed by atoms with Crippen LogP contribution in [0.2, 0.25) is 5.02 Å². The zero-order valence-electron chi connectivity index (χ0n) is 11.4. The van der Waals surface area contributed by atoms with Crippen LogP contribution in [0.3, 0.4) is 0 Å². The average molecular weight is 307 g/mol. The van der Waals surface area contributed by atoms with E-state index in [1.165, 1.54) is 25.0 Å². The van der Waals surface area contributed by atoms with Gasteiger partial charge in [-0.15, -0.1) is 0 Å². The van der Waals surface area contributed by atoms with Crippen molar-refractivity contribution in [3.05, 3.63) is 40.8 Å². The second kappa shape index (κ2) is 5.95. The Bertz CT molecular complexity index is 656. The molecule has 0 bridgehead atoms. The van der Waals surface area contributed by atoms with Crippen molar-refractivity contribution in [2.75, 3.05) is 5.43 Å². The van der Waals surface area contributed by atoms with Gasteiger partial charge in [-0.25, -0.2) is 20.2 Å². The Balaban J connectivity index is 2.04. The lowest BCUT2D eigenvalue weighted by Gasteiger charge is -2.12. The number of nitrogens with zero attached hydrogens (tertiary/aromatic N) is 2. The molecule has 21 heavy (non-hydrogen) atoms. The molecule has 4 nitrogen and oxygen atoms in total. The highest BCUT2D eigenvalue weighted by Crippen LogP contribution is 2.34. The van der Waals surface area contributed by atoms with Crippen molar-refractivity contribution in [1.82, 2.24) is 9.97 Å². The number of nitrogen functional groups attached to an aromatic ring is 1. The first kappa shape index (κ1) is 14.2. The van der Waals surface area contributed by atoms with Crippen molar-refractivity contribution in [3.8, 4) is 11.4 Å². The zero-order valence-corrected chi connectivity index (χ0v) is 12.2. The van der Waals surface area contributed by atoms with E-state index in [1.54, 1.807) is 6.07 Å². The third kappa shape index (κ3) is 2.99. The highest BCUT2D eigenvalue weighted by molar-refractivity contribution is 6.31. The third-order valence-corrected chi connectivity index (χ3v) is 4.13. The predicted octanol–water partition coefficient (Wildman–Crippen LogP) is 3.88. The number of nitrogens with two attached hydrogens (primary N) is 1. The van der Waals surface area contributed by atoms with Crippen LogP contribution in [0.5, 0.6) is 0 Å². The molecule has 0 aliphatic heterocycles. The Morgan fingerprint density at radius 2 is 1.95 bits per heavy atom. The maximum atomic E-state index is 13.3. The molecule has 1 aliphatic rings. The van der Waals surface area contributed by atoms with Gasteiger partial charge in [0, 0.05) is 23.2 Å². The quantitative estimate of drug-likeness (QED) is 0.667. The predicted molar refractivity (Wildman–Crippen MR) is 81.5 cm³/mol. The van der Waals surface area contributed by atoms with E-state index >= 15 is 0 Å². The van der Waals surface area contributed by atoms with Crippen LogP contribution >= 0.6 is 11.6 Å². The Kier molecular flexibility index (Phi) is 4.03. The number of benzene rings is 1. The maximum Gasteiger partial charge on any atom is 0.161 e. The van der Waals surface area contributed by atoms with Gasteiger partial charge in [0.1, 0.15) is 11.6 Å². The van der Waals surface area contributed by atoms with Gasteiger partial charge in [0.15, 0.2) is 5.82 Å². The SMILES string of the molecule is NNc1cc(C2CCCC2)nc(-c2ccc(F)c(Cl)c2)n1. The third-order valence-electron chi connectivity index (χ3n) is 3.85. The lowest BCUT2D eigenvalue weighted by molar-refractivity contribution is 0.628. The second-order valence-corrected chi connectivity index (χ2v) is 5.66. The van der Waals surface area contributed by atoms with Crippen LogP contribution in [-0.4, -0.2) is 9.97 Å². The lowest BCUT2D eigenvalue weighted by Crippen LogP contribution is -2.11. The molecular formula is C15H16ClFN4. The normalized spacial score (nSPS) is 15.4. The fourth-order valence-corrected chi connectivity index (χ4v) is 2.92. The number of nitrogens with one attached hydrogen (secondary N) is 1. The molecule has 0 spiro atoms. The van der Waals surface area contributed by atoms with E-state index in [9.17, 15) is 4.39 Å². The van der Waals surface area contributed by atoms with E-state index in [0.717, 1.165) is 18.5 Å². The van der Waals surface area contributed by atoms with Crippen LogP contribution in [0.1, 0.15) is 37.3 Å². The largest absolute Gasteiger partial charge is 0.308 e. The lowest BCUT2D eigenvalue weighted by atomic mass is 10.0. The van der Waals surface area contributed by atoms with Crippen molar-refractivity contribution in [2.24, 2.45) is 5.84 Å². The first-order chi connectivity index (χ1) is 10.2. The molecule has 3 N–H and O–H groups in total. The van der Waals surface area contributed by atoms with Gasteiger partial charge in [-0.1, -0.05) is 24.4 Å². The summed E-state index contributed by atoms with van der Waals surface area (Å²) in [7, 11) is 0. The Morgan fingerprint density at radius 1 is 1.19 bits per heavy atom. The van der Waals surface area contributed by atoms with Crippen molar-refractivity contribution in [1.29, 1.82) is 0 Å². The first-order valence-corrected chi connectivity index (χ1v) is 7.36. The van der Waals surface area contributed by atoms with Crippen molar-refractivity contribution >= 4 is 17.4 Å². The standard InChI is InChI=1S/C15H16ClFN4/c16-11-7-10(5-6-12(11)17)15-19-13(8-14(20-15)21-18)9-3-1-2-4-9/h5-9H,1-4,18H2,(H,19,20,21). The minimum Gasteiger partial charge on any atom is -0.308 e. The number of hydrazine groups is 1. The maximum absolute atomic E-state index is 13.3. The fraction of sp³-hybridized carbons (Fsp3) is 0.333. The molecule has 1 heterocycles. The molecule has 1 aromatic carbocycles. The van der Waals surface area contributed by atoms with Crippen LogP contribution in [0.4, 0.5) is 10.2 Å². The number of hydrogen-bond donors (Lipinski definition) is 2. The highest BCUT2D eigenvalue weighted by atomic mass is 35.5. The molecule has 1 fully saturated rings. The summed E-state index contributed by atoms with van der Waals surface area (Å²) in [5.74, 6) is 6.54. The minimum atomic E-state index is -0.454. The summed E-state index contributed by atoms with van der Waals surface area (Å²) in [5.41, 5.74) is 4.22. The summed E-state index contributed by atoms with van der Waals surface area (Å²) in [6, 6.07) is 6.35. The van der Waals surface area contributed by atoms with E-state index in [2.05, 4.69) is 15.4 Å². The van der Waals surface area contributed by atoms with Gasteiger partial charge in [-0.2, -0.15) is 0 Å². The number of halogens is 2. The number of anilines is 1. The molecular weight excluding hydrogens is 291 g/mol. The molecule has 110 valence electrons. The average Bonchev–Trinajstić information content (AvgIpc) is 3.04. The highest BCUT2D eigenvalue weighted by Gasteiger charge is 2.20. The monoisotopic (exact) mass is 306 g/mol. The molecule has 0 radical (unpaired) electrons. The van der Waals surface area contributed by atoms with Crippen LogP contribution in [0.25, 0.3) is 11.4 Å². The topological polar surface area (TPSA) is 63.8 Å². The molecule has 1 aromatic heterocycles. The zero-order chi connectivity index (χ0) is 14.8. The van der Waals surface area contributed by atoms with E-state index in [4.69, 9.17) is 17.4 Å². The smallest absolute Gasteiger partial charge is 0.161 e. The van der Waals surface area contributed by atoms with E-state index in [1.807, 2.05) is 6.07 Å². The van der Waals surface area contributed by atoms with Crippen LogP contribution in [-0.2, 0) is 0 Å². The second-order valence-electron chi connectivity index (χ2n) is 5.26. The molecule has 1 saturated carbocycles. The first-order valence-electron chi connectivity index (χ1n) is 6.98. The fourth-order valence-electron chi connectivity index (χ4n) is 2.73. The molecule has 0 amide bonds. The van der Waals surface area contributed by atoms with Gasteiger partial charge in [0.25, 0.3) is 0 Å². The summed E-state index contributed by atoms with van der Waals surface area (Å²) in [5, 5.41) is 0.0598. The molecule has 6 heteroatoms. The van der Waals surface area contributed by atoms with Crippen molar-refractivity contribution in [3.63, 3.8) is 0 Å². The Labute approximate surface area is 127 Å². The summed E-state index contributed by atoms with van der Waals surface area (Å²) in [6.45, 7) is 0. The number of aromatic nitrogens is 2. The summed E-state index contributed by atoms with van der Waals surface area (Å²) in [6.07, 6.45) is 4.70.